The van der Waals surface area contributed by atoms with E-state index >= 15 is 0 Å². The number of ether oxygens (including phenoxy) is 2. The topological polar surface area (TPSA) is 30.5 Å². The first kappa shape index (κ1) is 11.4. The molecule has 1 N–H and O–H groups in total. The van der Waals surface area contributed by atoms with Gasteiger partial charge in [-0.2, -0.15) is 0 Å². The van der Waals surface area contributed by atoms with Crippen LogP contribution in [0.5, 0.6) is 5.75 Å². The molecule has 1 fully saturated rings. The molecule has 0 amide bonds. The minimum Gasteiger partial charge on any atom is -0.497 e. The van der Waals surface area contributed by atoms with Gasteiger partial charge in [-0.25, -0.2) is 0 Å². The Balaban J connectivity index is 1.75. The number of hydrogen-bond donors (Lipinski definition) is 1. The molecular weight excluding hydrogens is 202 g/mol. The van der Waals surface area contributed by atoms with E-state index in [9.17, 15) is 0 Å². The standard InChI is InChI=1S/C13H19NO2/c1-15-13-6-2-4-11(8-13)9-16-10-12-5-3-7-14-12/h2,4,6,8,12,14H,3,5,7,9-10H2,1H3/t12-/m0/s1. The van der Waals surface area contributed by atoms with Gasteiger partial charge in [-0.05, 0) is 37.1 Å². The van der Waals surface area contributed by atoms with E-state index in [0.29, 0.717) is 12.6 Å². The van der Waals surface area contributed by atoms with Crippen LogP contribution in [0, 0.1) is 0 Å². The van der Waals surface area contributed by atoms with Crippen LogP contribution in [0.15, 0.2) is 24.3 Å². The second-order valence-corrected chi connectivity index (χ2v) is 4.16. The summed E-state index contributed by atoms with van der Waals surface area (Å²) >= 11 is 0. The van der Waals surface area contributed by atoms with Crippen LogP contribution >= 0.6 is 0 Å². The molecule has 1 aromatic carbocycles. The van der Waals surface area contributed by atoms with Gasteiger partial charge in [-0.1, -0.05) is 12.1 Å². The van der Waals surface area contributed by atoms with Gasteiger partial charge < -0.3 is 14.8 Å². The number of methoxy groups -OCH3 is 1. The molecule has 0 aliphatic carbocycles. The molecule has 1 aliphatic heterocycles. The predicted octanol–water partition coefficient (Wildman–Crippen LogP) is 1.96. The highest BCUT2D eigenvalue weighted by atomic mass is 16.5. The lowest BCUT2D eigenvalue weighted by molar-refractivity contribution is 0.103. The van der Waals surface area contributed by atoms with E-state index < -0.39 is 0 Å². The molecule has 3 nitrogen and oxygen atoms in total. The van der Waals surface area contributed by atoms with Crippen molar-refractivity contribution < 1.29 is 9.47 Å². The third-order valence-electron chi connectivity index (χ3n) is 2.88. The summed E-state index contributed by atoms with van der Waals surface area (Å²) in [5, 5.41) is 3.42. The van der Waals surface area contributed by atoms with E-state index in [-0.39, 0.29) is 0 Å². The Kier molecular flexibility index (Phi) is 4.19. The number of hydrogen-bond acceptors (Lipinski definition) is 3. The van der Waals surface area contributed by atoms with Crippen LogP contribution in [0.1, 0.15) is 18.4 Å². The summed E-state index contributed by atoms with van der Waals surface area (Å²) in [5.74, 6) is 0.889. The minimum atomic E-state index is 0.547. The van der Waals surface area contributed by atoms with Crippen LogP contribution in [0.25, 0.3) is 0 Å². The Morgan fingerprint density at radius 1 is 1.44 bits per heavy atom. The fourth-order valence-corrected chi connectivity index (χ4v) is 1.98. The van der Waals surface area contributed by atoms with Gasteiger partial charge in [0.25, 0.3) is 0 Å². The van der Waals surface area contributed by atoms with E-state index in [4.69, 9.17) is 9.47 Å². The van der Waals surface area contributed by atoms with Gasteiger partial charge in [0.2, 0.25) is 0 Å². The maximum atomic E-state index is 5.69. The van der Waals surface area contributed by atoms with Crippen LogP contribution < -0.4 is 10.1 Å². The first-order chi connectivity index (χ1) is 7.88. The first-order valence-corrected chi connectivity index (χ1v) is 5.82. The van der Waals surface area contributed by atoms with Gasteiger partial charge in [0, 0.05) is 6.04 Å². The molecule has 0 saturated carbocycles. The zero-order valence-corrected chi connectivity index (χ0v) is 9.74. The van der Waals surface area contributed by atoms with Gasteiger partial charge in [-0.3, -0.25) is 0 Å². The molecule has 3 heteroatoms. The fraction of sp³-hybridized carbons (Fsp3) is 0.538. The van der Waals surface area contributed by atoms with Crippen molar-refractivity contribution in [2.75, 3.05) is 20.3 Å². The van der Waals surface area contributed by atoms with Crippen molar-refractivity contribution >= 4 is 0 Å². The molecule has 1 atom stereocenters. The molecule has 2 rings (SSSR count). The zero-order valence-electron chi connectivity index (χ0n) is 9.74. The lowest BCUT2D eigenvalue weighted by atomic mass is 10.2. The van der Waals surface area contributed by atoms with Crippen LogP contribution in [0.4, 0.5) is 0 Å². The van der Waals surface area contributed by atoms with Gasteiger partial charge in [0.1, 0.15) is 5.75 Å². The van der Waals surface area contributed by atoms with E-state index in [0.717, 1.165) is 24.5 Å². The maximum Gasteiger partial charge on any atom is 0.119 e. The highest BCUT2D eigenvalue weighted by Gasteiger charge is 2.13. The normalized spacial score (nSPS) is 19.9. The van der Waals surface area contributed by atoms with Crippen molar-refractivity contribution in [3.8, 4) is 5.75 Å². The Hall–Kier alpha value is -1.06. The van der Waals surface area contributed by atoms with Gasteiger partial charge in [-0.15, -0.1) is 0 Å². The summed E-state index contributed by atoms with van der Waals surface area (Å²) < 4.78 is 10.9. The molecule has 1 aromatic rings. The minimum absolute atomic E-state index is 0.547. The van der Waals surface area contributed by atoms with Crippen molar-refractivity contribution in [3.63, 3.8) is 0 Å². The van der Waals surface area contributed by atoms with E-state index in [1.54, 1.807) is 7.11 Å². The van der Waals surface area contributed by atoms with Gasteiger partial charge in [0.15, 0.2) is 0 Å². The van der Waals surface area contributed by atoms with Crippen LogP contribution in [-0.4, -0.2) is 26.3 Å². The molecule has 16 heavy (non-hydrogen) atoms. The van der Waals surface area contributed by atoms with E-state index in [1.165, 1.54) is 12.8 Å². The zero-order chi connectivity index (χ0) is 11.2. The molecule has 1 heterocycles. The molecular formula is C13H19NO2. The second kappa shape index (κ2) is 5.87. The number of nitrogens with one attached hydrogen (secondary N) is 1. The Labute approximate surface area is 96.8 Å². The van der Waals surface area contributed by atoms with Crippen LogP contribution in [-0.2, 0) is 11.3 Å². The highest BCUT2D eigenvalue weighted by Crippen LogP contribution is 2.13. The lowest BCUT2D eigenvalue weighted by Crippen LogP contribution is -2.26. The van der Waals surface area contributed by atoms with Crippen molar-refractivity contribution in [3.05, 3.63) is 29.8 Å². The van der Waals surface area contributed by atoms with Gasteiger partial charge in [0.05, 0.1) is 20.3 Å². The molecule has 1 aliphatic rings. The van der Waals surface area contributed by atoms with Crippen LogP contribution in [0.3, 0.4) is 0 Å². The molecule has 0 radical (unpaired) electrons. The fourth-order valence-electron chi connectivity index (χ4n) is 1.98. The Bertz CT molecular complexity index is 321. The second-order valence-electron chi connectivity index (χ2n) is 4.16. The molecule has 0 aromatic heterocycles. The molecule has 88 valence electrons. The number of rotatable bonds is 5. The Morgan fingerprint density at radius 2 is 2.38 bits per heavy atom. The molecule has 1 saturated heterocycles. The van der Waals surface area contributed by atoms with Crippen LogP contribution in [0.2, 0.25) is 0 Å². The summed E-state index contributed by atoms with van der Waals surface area (Å²) in [4.78, 5) is 0. The summed E-state index contributed by atoms with van der Waals surface area (Å²) in [5.41, 5.74) is 1.16. The monoisotopic (exact) mass is 221 g/mol. The first-order valence-electron chi connectivity index (χ1n) is 5.82. The lowest BCUT2D eigenvalue weighted by Gasteiger charge is -2.11. The smallest absolute Gasteiger partial charge is 0.119 e. The summed E-state index contributed by atoms with van der Waals surface area (Å²) in [7, 11) is 1.68. The third kappa shape index (κ3) is 3.22. The largest absolute Gasteiger partial charge is 0.497 e. The van der Waals surface area contributed by atoms with E-state index in [1.807, 2.05) is 18.2 Å². The molecule has 0 bridgehead atoms. The van der Waals surface area contributed by atoms with Crippen molar-refractivity contribution in [1.82, 2.24) is 5.32 Å². The average Bonchev–Trinajstić information content (AvgIpc) is 2.82. The molecule has 0 spiro atoms. The van der Waals surface area contributed by atoms with Crippen molar-refractivity contribution in [2.24, 2.45) is 0 Å². The summed E-state index contributed by atoms with van der Waals surface area (Å²) in [6, 6.07) is 8.56. The Morgan fingerprint density at radius 3 is 3.12 bits per heavy atom. The maximum absolute atomic E-state index is 5.69. The van der Waals surface area contributed by atoms with Gasteiger partial charge >= 0.3 is 0 Å². The summed E-state index contributed by atoms with van der Waals surface area (Å²) in [6.45, 7) is 2.60. The van der Waals surface area contributed by atoms with E-state index in [2.05, 4.69) is 11.4 Å². The number of benzene rings is 1. The van der Waals surface area contributed by atoms with Crippen molar-refractivity contribution in [2.45, 2.75) is 25.5 Å². The SMILES string of the molecule is COc1cccc(COC[C@@H]2CCCN2)c1. The average molecular weight is 221 g/mol. The highest BCUT2D eigenvalue weighted by molar-refractivity contribution is 5.27. The summed E-state index contributed by atoms with van der Waals surface area (Å²) in [6.07, 6.45) is 2.51. The predicted molar refractivity (Wildman–Crippen MR) is 63.7 cm³/mol. The van der Waals surface area contributed by atoms with Crippen molar-refractivity contribution in [1.29, 1.82) is 0 Å². The quantitative estimate of drug-likeness (QED) is 0.824. The molecule has 0 unspecified atom stereocenters. The third-order valence-corrected chi connectivity index (χ3v) is 2.88.